The number of carbonyl (C=O) groups excluding carboxylic acids is 2. The molecule has 0 N–H and O–H groups in total. The van der Waals surface area contributed by atoms with E-state index in [1.807, 2.05) is 0 Å². The standard InChI is InChI=1S/C11H15FO4/c1-9(2)5-11(15-7(9)13)6(12)10(3,4)8(14)16-11/h6H,5H2,1-4H3. The zero-order valence-corrected chi connectivity index (χ0v) is 9.80. The molecule has 1 spiro atoms. The first-order chi connectivity index (χ1) is 7.12. The van der Waals surface area contributed by atoms with Gasteiger partial charge in [0, 0.05) is 6.42 Å². The van der Waals surface area contributed by atoms with E-state index >= 15 is 0 Å². The van der Waals surface area contributed by atoms with E-state index in [9.17, 15) is 14.0 Å². The molecule has 4 nitrogen and oxygen atoms in total. The fraction of sp³-hybridized carbons (Fsp3) is 0.818. The normalized spacial score (nSPS) is 39.9. The molecule has 0 bridgehead atoms. The Labute approximate surface area is 93.1 Å². The number of alkyl halides is 1. The summed E-state index contributed by atoms with van der Waals surface area (Å²) >= 11 is 0. The van der Waals surface area contributed by atoms with E-state index in [-0.39, 0.29) is 6.42 Å². The van der Waals surface area contributed by atoms with E-state index in [1.165, 1.54) is 13.8 Å². The SMILES string of the molecule is CC1(C)CC2(OC1=O)OC(=O)C(C)(C)C2F. The summed E-state index contributed by atoms with van der Waals surface area (Å²) in [6.07, 6.45) is -1.56. The summed E-state index contributed by atoms with van der Waals surface area (Å²) in [5, 5.41) is 0. The third-order valence-electron chi connectivity index (χ3n) is 3.32. The molecule has 0 saturated carbocycles. The van der Waals surface area contributed by atoms with Gasteiger partial charge in [0.25, 0.3) is 5.79 Å². The number of rotatable bonds is 0. The second kappa shape index (κ2) is 2.76. The average Bonchev–Trinajstić information content (AvgIpc) is 2.43. The number of carbonyl (C=O) groups is 2. The minimum atomic E-state index is -1.71. The Morgan fingerprint density at radius 1 is 1.12 bits per heavy atom. The summed E-state index contributed by atoms with van der Waals surface area (Å²) in [5.74, 6) is -2.90. The first kappa shape index (κ1) is 11.4. The summed E-state index contributed by atoms with van der Waals surface area (Å²) < 4.78 is 24.2. The van der Waals surface area contributed by atoms with Gasteiger partial charge in [0.1, 0.15) is 5.41 Å². The molecule has 2 fully saturated rings. The molecule has 2 saturated heterocycles. The molecule has 2 unspecified atom stereocenters. The predicted molar refractivity (Wildman–Crippen MR) is 52.0 cm³/mol. The Hall–Kier alpha value is -1.13. The van der Waals surface area contributed by atoms with Crippen molar-refractivity contribution in [1.82, 2.24) is 0 Å². The molecule has 16 heavy (non-hydrogen) atoms. The van der Waals surface area contributed by atoms with E-state index in [1.54, 1.807) is 13.8 Å². The molecule has 0 aromatic heterocycles. The molecule has 0 aromatic carbocycles. The molecule has 0 radical (unpaired) electrons. The van der Waals surface area contributed by atoms with Crippen LogP contribution in [-0.4, -0.2) is 23.9 Å². The van der Waals surface area contributed by atoms with Gasteiger partial charge in [-0.05, 0) is 27.7 Å². The van der Waals surface area contributed by atoms with E-state index in [2.05, 4.69) is 0 Å². The van der Waals surface area contributed by atoms with Crippen LogP contribution in [-0.2, 0) is 19.1 Å². The quantitative estimate of drug-likeness (QED) is 0.593. The highest BCUT2D eigenvalue weighted by molar-refractivity contribution is 5.84. The van der Waals surface area contributed by atoms with Crippen LogP contribution in [0, 0.1) is 10.8 Å². The highest BCUT2D eigenvalue weighted by Gasteiger charge is 2.69. The van der Waals surface area contributed by atoms with Gasteiger partial charge in [0.05, 0.1) is 5.41 Å². The number of ether oxygens (including phenoxy) is 2. The first-order valence-corrected chi connectivity index (χ1v) is 5.23. The lowest BCUT2D eigenvalue weighted by Gasteiger charge is -2.25. The van der Waals surface area contributed by atoms with Gasteiger partial charge >= 0.3 is 11.9 Å². The van der Waals surface area contributed by atoms with Crippen molar-refractivity contribution >= 4 is 11.9 Å². The smallest absolute Gasteiger partial charge is 0.318 e. The maximum absolute atomic E-state index is 14.2. The Bertz CT molecular complexity index is 370. The van der Waals surface area contributed by atoms with Crippen molar-refractivity contribution in [1.29, 1.82) is 0 Å². The number of halogens is 1. The van der Waals surface area contributed by atoms with Crippen molar-refractivity contribution in [3.63, 3.8) is 0 Å². The third-order valence-corrected chi connectivity index (χ3v) is 3.32. The van der Waals surface area contributed by atoms with Gasteiger partial charge in [-0.25, -0.2) is 4.39 Å². The van der Waals surface area contributed by atoms with Gasteiger partial charge in [0.15, 0.2) is 6.17 Å². The summed E-state index contributed by atoms with van der Waals surface area (Å²) in [4.78, 5) is 23.1. The van der Waals surface area contributed by atoms with E-state index in [4.69, 9.17) is 9.47 Å². The molecule has 0 aliphatic carbocycles. The maximum atomic E-state index is 14.2. The molecule has 90 valence electrons. The monoisotopic (exact) mass is 230 g/mol. The van der Waals surface area contributed by atoms with E-state index in [0.29, 0.717) is 0 Å². The summed E-state index contributed by atoms with van der Waals surface area (Å²) in [5.41, 5.74) is -2.08. The minimum Gasteiger partial charge on any atom is -0.419 e. The van der Waals surface area contributed by atoms with Crippen molar-refractivity contribution in [3.05, 3.63) is 0 Å². The van der Waals surface area contributed by atoms with Crippen molar-refractivity contribution in [2.45, 2.75) is 46.1 Å². The Morgan fingerprint density at radius 2 is 1.62 bits per heavy atom. The lowest BCUT2D eigenvalue weighted by atomic mass is 9.81. The molecule has 2 atom stereocenters. The molecule has 2 aliphatic rings. The first-order valence-electron chi connectivity index (χ1n) is 5.23. The predicted octanol–water partition coefficient (Wildman–Crippen LogP) is 1.58. The molecular formula is C11H15FO4. The van der Waals surface area contributed by atoms with Crippen molar-refractivity contribution in [2.75, 3.05) is 0 Å². The van der Waals surface area contributed by atoms with Crippen LogP contribution in [0.15, 0.2) is 0 Å². The van der Waals surface area contributed by atoms with Gasteiger partial charge < -0.3 is 9.47 Å². The Kier molecular flexibility index (Phi) is 1.96. The van der Waals surface area contributed by atoms with Crippen LogP contribution < -0.4 is 0 Å². The van der Waals surface area contributed by atoms with E-state index < -0.39 is 34.7 Å². The molecular weight excluding hydrogens is 215 g/mol. The highest BCUT2D eigenvalue weighted by Crippen LogP contribution is 2.52. The second-order valence-electron chi connectivity index (χ2n) is 5.74. The van der Waals surface area contributed by atoms with Crippen LogP contribution >= 0.6 is 0 Å². The van der Waals surface area contributed by atoms with Gasteiger partial charge in [-0.1, -0.05) is 0 Å². The van der Waals surface area contributed by atoms with Crippen LogP contribution in [0.2, 0.25) is 0 Å². The fourth-order valence-electron chi connectivity index (χ4n) is 2.21. The second-order valence-corrected chi connectivity index (χ2v) is 5.74. The van der Waals surface area contributed by atoms with Crippen LogP contribution in [0.5, 0.6) is 0 Å². The van der Waals surface area contributed by atoms with Crippen molar-refractivity contribution < 1.29 is 23.5 Å². The Morgan fingerprint density at radius 3 is 1.94 bits per heavy atom. The van der Waals surface area contributed by atoms with Gasteiger partial charge in [-0.2, -0.15) is 0 Å². The third kappa shape index (κ3) is 1.20. The lowest BCUT2D eigenvalue weighted by Crippen LogP contribution is -2.41. The zero-order chi connectivity index (χ0) is 12.4. The van der Waals surface area contributed by atoms with Crippen LogP contribution in [0.1, 0.15) is 34.1 Å². The lowest BCUT2D eigenvalue weighted by molar-refractivity contribution is -0.210. The van der Waals surface area contributed by atoms with Crippen LogP contribution in [0.4, 0.5) is 4.39 Å². The van der Waals surface area contributed by atoms with Crippen LogP contribution in [0.25, 0.3) is 0 Å². The minimum absolute atomic E-state index is 0.0647. The summed E-state index contributed by atoms with van der Waals surface area (Å²) in [6, 6.07) is 0. The van der Waals surface area contributed by atoms with E-state index in [0.717, 1.165) is 0 Å². The molecule has 2 aliphatic heterocycles. The largest absolute Gasteiger partial charge is 0.419 e. The molecule has 2 rings (SSSR count). The summed E-state index contributed by atoms with van der Waals surface area (Å²) in [6.45, 7) is 6.20. The fourth-order valence-corrected chi connectivity index (χ4v) is 2.21. The van der Waals surface area contributed by atoms with Crippen molar-refractivity contribution in [2.24, 2.45) is 10.8 Å². The topological polar surface area (TPSA) is 52.6 Å². The molecule has 0 aromatic rings. The number of hydrogen-bond donors (Lipinski definition) is 0. The van der Waals surface area contributed by atoms with Gasteiger partial charge in [-0.3, -0.25) is 9.59 Å². The highest BCUT2D eigenvalue weighted by atomic mass is 19.1. The molecule has 5 heteroatoms. The van der Waals surface area contributed by atoms with Gasteiger partial charge in [-0.15, -0.1) is 0 Å². The zero-order valence-electron chi connectivity index (χ0n) is 9.80. The Balaban J connectivity index is 2.38. The van der Waals surface area contributed by atoms with Gasteiger partial charge in [0.2, 0.25) is 0 Å². The van der Waals surface area contributed by atoms with Crippen LogP contribution in [0.3, 0.4) is 0 Å². The molecule has 2 heterocycles. The average molecular weight is 230 g/mol. The summed E-state index contributed by atoms with van der Waals surface area (Å²) in [7, 11) is 0. The maximum Gasteiger partial charge on any atom is 0.318 e. The number of hydrogen-bond acceptors (Lipinski definition) is 4. The molecule has 0 amide bonds. The number of esters is 2. The van der Waals surface area contributed by atoms with Crippen molar-refractivity contribution in [3.8, 4) is 0 Å².